The minimum absolute atomic E-state index is 0.0902. The molecule has 1 unspecified atom stereocenters. The molecule has 1 aromatic carbocycles. The largest absolute Gasteiger partial charge is 0.354 e. The van der Waals surface area contributed by atoms with Crippen molar-refractivity contribution < 1.29 is 4.79 Å². The van der Waals surface area contributed by atoms with E-state index in [4.69, 9.17) is 0 Å². The molecule has 0 saturated carbocycles. The quantitative estimate of drug-likeness (QED) is 0.727. The van der Waals surface area contributed by atoms with Crippen LogP contribution in [0.25, 0.3) is 0 Å². The van der Waals surface area contributed by atoms with Gasteiger partial charge in [-0.3, -0.25) is 9.89 Å². The van der Waals surface area contributed by atoms with Gasteiger partial charge in [0.15, 0.2) is 5.82 Å². The third-order valence-electron chi connectivity index (χ3n) is 4.06. The molecule has 0 fully saturated rings. The number of H-pyrrole nitrogens is 1. The van der Waals surface area contributed by atoms with E-state index in [0.29, 0.717) is 12.2 Å². The lowest BCUT2D eigenvalue weighted by atomic mass is 10.0. The number of carbonyl (C=O) groups is 1. The molecule has 0 aliphatic carbocycles. The summed E-state index contributed by atoms with van der Waals surface area (Å²) in [5.74, 6) is 0.759. The number of hydrogen-bond acceptors (Lipinski definition) is 3. The summed E-state index contributed by atoms with van der Waals surface area (Å²) in [5, 5.41) is 6.82. The Hall–Kier alpha value is -2.89. The van der Waals surface area contributed by atoms with Crippen LogP contribution in [0.2, 0.25) is 0 Å². The highest BCUT2D eigenvalue weighted by atomic mass is 16.2. The Balaban J connectivity index is 1.69. The number of aromatic nitrogens is 4. The van der Waals surface area contributed by atoms with Gasteiger partial charge in [0.1, 0.15) is 12.4 Å². The van der Waals surface area contributed by atoms with Gasteiger partial charge in [0.05, 0.1) is 0 Å². The third kappa shape index (κ3) is 3.71. The summed E-state index contributed by atoms with van der Waals surface area (Å²) in [4.78, 5) is 18.6. The van der Waals surface area contributed by atoms with E-state index < -0.39 is 0 Å². The van der Waals surface area contributed by atoms with E-state index in [1.165, 1.54) is 6.33 Å². The van der Waals surface area contributed by atoms with Gasteiger partial charge in [0, 0.05) is 32.4 Å². The number of benzene rings is 1. The van der Waals surface area contributed by atoms with E-state index in [1.807, 2.05) is 61.9 Å². The average molecular weight is 323 g/mol. The topological polar surface area (TPSA) is 66.8 Å². The molecule has 0 aliphatic rings. The molecule has 2 heterocycles. The van der Waals surface area contributed by atoms with Gasteiger partial charge in [-0.1, -0.05) is 30.3 Å². The van der Waals surface area contributed by atoms with E-state index in [1.54, 1.807) is 4.90 Å². The Bertz CT molecular complexity index is 737. The molecule has 3 aromatic rings. The minimum Gasteiger partial charge on any atom is -0.354 e. The lowest BCUT2D eigenvalue weighted by molar-refractivity contribution is -0.131. The molecule has 6 nitrogen and oxygen atoms in total. The van der Waals surface area contributed by atoms with Gasteiger partial charge in [-0.15, -0.1) is 0 Å². The van der Waals surface area contributed by atoms with Crippen LogP contribution >= 0.6 is 0 Å². The fraction of sp³-hybridized carbons (Fsp3) is 0.278. The van der Waals surface area contributed by atoms with E-state index in [-0.39, 0.29) is 11.9 Å². The van der Waals surface area contributed by atoms with E-state index in [2.05, 4.69) is 19.7 Å². The molecule has 1 atom stereocenters. The van der Waals surface area contributed by atoms with E-state index in [9.17, 15) is 4.79 Å². The monoisotopic (exact) mass is 323 g/mol. The van der Waals surface area contributed by atoms with Gasteiger partial charge in [0.25, 0.3) is 0 Å². The number of rotatable bonds is 7. The maximum absolute atomic E-state index is 12.6. The molecule has 0 spiro atoms. The van der Waals surface area contributed by atoms with E-state index in [0.717, 1.165) is 18.5 Å². The predicted molar refractivity (Wildman–Crippen MR) is 91.1 cm³/mol. The molecule has 1 N–H and O–H groups in total. The highest BCUT2D eigenvalue weighted by molar-refractivity contribution is 5.76. The first-order chi connectivity index (χ1) is 11.8. The summed E-state index contributed by atoms with van der Waals surface area (Å²) in [7, 11) is 1.82. The van der Waals surface area contributed by atoms with Gasteiger partial charge < -0.3 is 9.47 Å². The summed E-state index contributed by atoms with van der Waals surface area (Å²) in [6.45, 7) is 0.838. The molecule has 0 bridgehead atoms. The van der Waals surface area contributed by atoms with Crippen LogP contribution in [0, 0.1) is 0 Å². The number of nitrogens with one attached hydrogen (secondary N) is 1. The van der Waals surface area contributed by atoms with Gasteiger partial charge >= 0.3 is 0 Å². The van der Waals surface area contributed by atoms with Gasteiger partial charge in [-0.2, -0.15) is 5.10 Å². The molecule has 0 radical (unpaired) electrons. The van der Waals surface area contributed by atoms with Crippen molar-refractivity contribution in [1.82, 2.24) is 24.6 Å². The van der Waals surface area contributed by atoms with Crippen molar-refractivity contribution in [3.8, 4) is 0 Å². The number of nitrogens with zero attached hydrogens (tertiary/aromatic N) is 4. The van der Waals surface area contributed by atoms with Crippen molar-refractivity contribution in [2.45, 2.75) is 25.4 Å². The fourth-order valence-electron chi connectivity index (χ4n) is 2.80. The molecule has 1 amide bonds. The Labute approximate surface area is 141 Å². The van der Waals surface area contributed by atoms with Crippen LogP contribution in [0.1, 0.15) is 30.3 Å². The van der Waals surface area contributed by atoms with Crippen LogP contribution in [-0.2, 0) is 11.3 Å². The molecular formula is C18H21N5O. The molecule has 6 heteroatoms. The van der Waals surface area contributed by atoms with Crippen LogP contribution in [0.4, 0.5) is 0 Å². The Kier molecular flexibility index (Phi) is 5.05. The lowest BCUT2D eigenvalue weighted by Crippen LogP contribution is -2.32. The molecule has 0 aliphatic heterocycles. The second-order valence-corrected chi connectivity index (χ2v) is 5.71. The number of aromatic amines is 1. The Morgan fingerprint density at radius 1 is 1.21 bits per heavy atom. The Morgan fingerprint density at radius 3 is 2.62 bits per heavy atom. The SMILES string of the molecule is CN(C(=O)CCCn1cccc1)C(c1ccccc1)c1ncn[nH]1. The summed E-state index contributed by atoms with van der Waals surface area (Å²) in [5.41, 5.74) is 1.01. The second-order valence-electron chi connectivity index (χ2n) is 5.71. The maximum Gasteiger partial charge on any atom is 0.223 e. The van der Waals surface area contributed by atoms with Crippen LogP contribution in [0.3, 0.4) is 0 Å². The van der Waals surface area contributed by atoms with E-state index >= 15 is 0 Å². The van der Waals surface area contributed by atoms with Gasteiger partial charge in [0.2, 0.25) is 5.91 Å². The number of amides is 1. The molecule has 24 heavy (non-hydrogen) atoms. The standard InChI is InChI=1S/C18H21N5O/c1-22(16(24)10-7-13-23-11-5-6-12-23)17(18-19-14-20-21-18)15-8-3-2-4-9-15/h2-6,8-9,11-12,14,17H,7,10,13H2,1H3,(H,19,20,21). The highest BCUT2D eigenvalue weighted by Crippen LogP contribution is 2.25. The zero-order valence-electron chi connectivity index (χ0n) is 13.7. The van der Waals surface area contributed by atoms with Crippen molar-refractivity contribution in [3.05, 3.63) is 72.6 Å². The normalized spacial score (nSPS) is 12.0. The first-order valence-corrected chi connectivity index (χ1v) is 8.02. The third-order valence-corrected chi connectivity index (χ3v) is 4.06. The lowest BCUT2D eigenvalue weighted by Gasteiger charge is -2.27. The first kappa shape index (κ1) is 16.0. The molecule has 2 aromatic heterocycles. The maximum atomic E-state index is 12.6. The second kappa shape index (κ2) is 7.59. The van der Waals surface area contributed by atoms with Crippen molar-refractivity contribution in [3.63, 3.8) is 0 Å². The summed E-state index contributed by atoms with van der Waals surface area (Å²) in [6.07, 6.45) is 6.78. The fourth-order valence-corrected chi connectivity index (χ4v) is 2.80. The van der Waals surface area contributed by atoms with Crippen molar-refractivity contribution >= 4 is 5.91 Å². The summed E-state index contributed by atoms with van der Waals surface area (Å²) in [6, 6.07) is 13.6. The summed E-state index contributed by atoms with van der Waals surface area (Å²) < 4.78 is 2.08. The van der Waals surface area contributed by atoms with Crippen LogP contribution < -0.4 is 0 Å². The highest BCUT2D eigenvalue weighted by Gasteiger charge is 2.25. The first-order valence-electron chi connectivity index (χ1n) is 8.02. The smallest absolute Gasteiger partial charge is 0.223 e. The van der Waals surface area contributed by atoms with Gasteiger partial charge in [-0.25, -0.2) is 4.98 Å². The summed E-state index contributed by atoms with van der Waals surface area (Å²) >= 11 is 0. The molecule has 0 saturated heterocycles. The van der Waals surface area contributed by atoms with Crippen molar-refractivity contribution in [2.24, 2.45) is 0 Å². The average Bonchev–Trinajstić information content (AvgIpc) is 3.30. The van der Waals surface area contributed by atoms with Gasteiger partial charge in [-0.05, 0) is 24.1 Å². The molecule has 3 rings (SSSR count). The van der Waals surface area contributed by atoms with Crippen LogP contribution in [0.5, 0.6) is 0 Å². The van der Waals surface area contributed by atoms with Crippen molar-refractivity contribution in [2.75, 3.05) is 7.05 Å². The molecule has 124 valence electrons. The van der Waals surface area contributed by atoms with Crippen LogP contribution in [-0.4, -0.2) is 37.6 Å². The Morgan fingerprint density at radius 2 is 1.96 bits per heavy atom. The minimum atomic E-state index is -0.257. The van der Waals surface area contributed by atoms with Crippen LogP contribution in [0.15, 0.2) is 61.2 Å². The zero-order chi connectivity index (χ0) is 16.8. The zero-order valence-corrected chi connectivity index (χ0v) is 13.7. The number of hydrogen-bond donors (Lipinski definition) is 1. The number of aryl methyl sites for hydroxylation is 1. The number of carbonyl (C=O) groups excluding carboxylic acids is 1. The predicted octanol–water partition coefficient (Wildman–Crippen LogP) is 2.63. The van der Waals surface area contributed by atoms with Crippen molar-refractivity contribution in [1.29, 1.82) is 0 Å². The molecular weight excluding hydrogens is 302 g/mol.